The van der Waals surface area contributed by atoms with E-state index in [1.165, 1.54) is 16.7 Å². The summed E-state index contributed by atoms with van der Waals surface area (Å²) in [5.41, 5.74) is 0.593. The Kier molecular flexibility index (Phi) is 5.94. The lowest BCUT2D eigenvalue weighted by Crippen LogP contribution is -2.21. The molecule has 0 spiro atoms. The topological polar surface area (TPSA) is 83.4 Å². The lowest BCUT2D eigenvalue weighted by molar-refractivity contribution is -0.128. The average molecular weight is 297 g/mol. The molecule has 0 fully saturated rings. The number of rotatable bonds is 6. The van der Waals surface area contributed by atoms with Crippen LogP contribution < -0.4 is 0 Å². The van der Waals surface area contributed by atoms with Crippen LogP contribution >= 0.6 is 11.8 Å². The highest BCUT2D eigenvalue weighted by molar-refractivity contribution is 7.99. The number of amides is 1. The summed E-state index contributed by atoms with van der Waals surface area (Å²) in [6.45, 7) is 3.58. The van der Waals surface area contributed by atoms with Crippen LogP contribution in [0.1, 0.15) is 35.2 Å². The first-order valence-electron chi connectivity index (χ1n) is 6.30. The second-order valence-electron chi connectivity index (χ2n) is 4.45. The van der Waals surface area contributed by atoms with E-state index in [0.717, 1.165) is 0 Å². The fourth-order valence-electron chi connectivity index (χ4n) is 1.57. The van der Waals surface area contributed by atoms with Gasteiger partial charge in [-0.05, 0) is 6.92 Å². The summed E-state index contributed by atoms with van der Waals surface area (Å²) < 4.78 is 0. The fourth-order valence-corrected chi connectivity index (χ4v) is 2.59. The van der Waals surface area contributed by atoms with Gasteiger partial charge in [0.05, 0.1) is 5.69 Å². The van der Waals surface area contributed by atoms with E-state index >= 15 is 0 Å². The van der Waals surface area contributed by atoms with Crippen LogP contribution in [0.5, 0.6) is 0 Å². The molecule has 0 aromatic carbocycles. The number of hydrogen-bond acceptors (Lipinski definition) is 5. The zero-order valence-electron chi connectivity index (χ0n) is 12.1. The molecule has 0 aliphatic carbocycles. The molecule has 110 valence electrons. The van der Waals surface area contributed by atoms with Gasteiger partial charge in [0.15, 0.2) is 0 Å². The molecule has 0 bridgehead atoms. The Labute approximate surface area is 122 Å². The second-order valence-corrected chi connectivity index (χ2v) is 5.53. The molecule has 1 rings (SSSR count). The van der Waals surface area contributed by atoms with Crippen LogP contribution in [0.3, 0.4) is 0 Å². The minimum atomic E-state index is -1.04. The van der Waals surface area contributed by atoms with Crippen molar-refractivity contribution in [1.82, 2.24) is 14.9 Å². The van der Waals surface area contributed by atoms with Gasteiger partial charge in [0.1, 0.15) is 16.4 Å². The quantitative estimate of drug-likeness (QED) is 0.634. The largest absolute Gasteiger partial charge is 0.478 e. The minimum Gasteiger partial charge on any atom is -0.478 e. The Hall–Kier alpha value is -1.63. The zero-order valence-corrected chi connectivity index (χ0v) is 13.0. The first-order valence-corrected chi connectivity index (χ1v) is 7.29. The van der Waals surface area contributed by atoms with Crippen molar-refractivity contribution in [3.8, 4) is 0 Å². The molecule has 1 aromatic rings. The third kappa shape index (κ3) is 4.19. The first-order chi connectivity index (χ1) is 9.36. The lowest BCUT2D eigenvalue weighted by Gasteiger charge is -2.11. The average Bonchev–Trinajstić information content (AvgIpc) is 2.37. The van der Waals surface area contributed by atoms with Gasteiger partial charge in [-0.1, -0.05) is 6.92 Å². The van der Waals surface area contributed by atoms with E-state index in [1.54, 1.807) is 21.0 Å². The number of thioether (sulfide) groups is 1. The third-order valence-electron chi connectivity index (χ3n) is 2.69. The standard InChI is InChI=1S/C13H19N3O3S/c1-5-9-14-8(2)11(13(18)19)12(15-9)20-7-6-10(17)16(3)4/h5-7H2,1-4H3,(H,18,19). The molecule has 0 unspecified atom stereocenters. The van der Waals surface area contributed by atoms with E-state index in [-0.39, 0.29) is 11.5 Å². The van der Waals surface area contributed by atoms with Gasteiger partial charge in [0, 0.05) is 32.7 Å². The molecule has 20 heavy (non-hydrogen) atoms. The van der Waals surface area contributed by atoms with Crippen molar-refractivity contribution >= 4 is 23.6 Å². The number of nitrogens with zero attached hydrogens (tertiary/aromatic N) is 3. The number of aromatic carboxylic acids is 1. The van der Waals surface area contributed by atoms with Crippen molar-refractivity contribution < 1.29 is 14.7 Å². The van der Waals surface area contributed by atoms with Crippen LogP contribution in [0, 0.1) is 6.92 Å². The molecule has 0 radical (unpaired) electrons. The highest BCUT2D eigenvalue weighted by Gasteiger charge is 2.18. The van der Waals surface area contributed by atoms with Crippen molar-refractivity contribution in [3.05, 3.63) is 17.1 Å². The van der Waals surface area contributed by atoms with E-state index in [1.807, 2.05) is 6.92 Å². The van der Waals surface area contributed by atoms with E-state index < -0.39 is 5.97 Å². The predicted octanol–water partition coefficient (Wildman–Crippen LogP) is 1.62. The highest BCUT2D eigenvalue weighted by Crippen LogP contribution is 2.23. The summed E-state index contributed by atoms with van der Waals surface area (Å²) in [5.74, 6) is 0.0908. The van der Waals surface area contributed by atoms with E-state index in [2.05, 4.69) is 9.97 Å². The number of aryl methyl sites for hydroxylation is 2. The van der Waals surface area contributed by atoms with Crippen molar-refractivity contribution in [2.75, 3.05) is 19.8 Å². The first kappa shape index (κ1) is 16.4. The normalized spacial score (nSPS) is 10.4. The summed E-state index contributed by atoms with van der Waals surface area (Å²) in [6.07, 6.45) is 0.992. The van der Waals surface area contributed by atoms with E-state index in [9.17, 15) is 14.7 Å². The van der Waals surface area contributed by atoms with Crippen molar-refractivity contribution in [2.45, 2.75) is 31.7 Å². The van der Waals surface area contributed by atoms with Gasteiger partial charge in [-0.2, -0.15) is 0 Å². The highest BCUT2D eigenvalue weighted by atomic mass is 32.2. The monoisotopic (exact) mass is 297 g/mol. The van der Waals surface area contributed by atoms with Crippen molar-refractivity contribution in [1.29, 1.82) is 0 Å². The molecule has 0 atom stereocenters. The van der Waals surface area contributed by atoms with Gasteiger partial charge in [-0.3, -0.25) is 4.79 Å². The molecular formula is C13H19N3O3S. The molecule has 7 heteroatoms. The smallest absolute Gasteiger partial charge is 0.340 e. The van der Waals surface area contributed by atoms with Crippen LogP contribution in [0.15, 0.2) is 5.03 Å². The van der Waals surface area contributed by atoms with Crippen LogP contribution in [-0.4, -0.2) is 51.7 Å². The lowest BCUT2D eigenvalue weighted by atomic mass is 10.2. The Morgan fingerprint density at radius 3 is 2.45 bits per heavy atom. The van der Waals surface area contributed by atoms with Crippen LogP contribution in [0.25, 0.3) is 0 Å². The predicted molar refractivity (Wildman–Crippen MR) is 77.1 cm³/mol. The number of carboxylic acids is 1. The Morgan fingerprint density at radius 2 is 1.95 bits per heavy atom. The van der Waals surface area contributed by atoms with Gasteiger partial charge >= 0.3 is 5.97 Å². The summed E-state index contributed by atoms with van der Waals surface area (Å²) >= 11 is 1.29. The Bertz CT molecular complexity index is 518. The molecule has 1 aromatic heterocycles. The van der Waals surface area contributed by atoms with Gasteiger partial charge < -0.3 is 10.0 Å². The van der Waals surface area contributed by atoms with Gasteiger partial charge in [0.2, 0.25) is 5.91 Å². The van der Waals surface area contributed by atoms with E-state index in [4.69, 9.17) is 0 Å². The van der Waals surface area contributed by atoms with Crippen LogP contribution in [0.4, 0.5) is 0 Å². The molecule has 6 nitrogen and oxygen atoms in total. The zero-order chi connectivity index (χ0) is 15.3. The summed E-state index contributed by atoms with van der Waals surface area (Å²) in [4.78, 5) is 32.7. The minimum absolute atomic E-state index is 0.0101. The van der Waals surface area contributed by atoms with Crippen molar-refractivity contribution in [3.63, 3.8) is 0 Å². The number of carboxylic acid groups (broad SMARTS) is 1. The molecule has 0 aliphatic rings. The summed E-state index contributed by atoms with van der Waals surface area (Å²) in [5, 5.41) is 9.68. The maximum absolute atomic E-state index is 11.5. The fraction of sp³-hybridized carbons (Fsp3) is 0.538. The molecular weight excluding hydrogens is 278 g/mol. The van der Waals surface area contributed by atoms with Gasteiger partial charge in [0.25, 0.3) is 0 Å². The number of hydrogen-bond donors (Lipinski definition) is 1. The molecule has 0 saturated heterocycles. The molecule has 1 amide bonds. The summed E-state index contributed by atoms with van der Waals surface area (Å²) in [7, 11) is 3.39. The second kappa shape index (κ2) is 7.23. The molecule has 0 saturated carbocycles. The molecule has 1 heterocycles. The maximum atomic E-state index is 11.5. The SMILES string of the molecule is CCc1nc(C)c(C(=O)O)c(SCCC(=O)N(C)C)n1. The number of carbonyl (C=O) groups excluding carboxylic acids is 1. The molecule has 1 N–H and O–H groups in total. The van der Waals surface area contributed by atoms with Gasteiger partial charge in [-0.25, -0.2) is 14.8 Å². The van der Waals surface area contributed by atoms with E-state index in [0.29, 0.717) is 35.1 Å². The number of aromatic nitrogens is 2. The third-order valence-corrected chi connectivity index (χ3v) is 3.66. The van der Waals surface area contributed by atoms with Crippen LogP contribution in [-0.2, 0) is 11.2 Å². The van der Waals surface area contributed by atoms with Gasteiger partial charge in [-0.15, -0.1) is 11.8 Å². The van der Waals surface area contributed by atoms with Crippen molar-refractivity contribution in [2.24, 2.45) is 0 Å². The summed E-state index contributed by atoms with van der Waals surface area (Å²) in [6, 6.07) is 0. The molecule has 0 aliphatic heterocycles. The van der Waals surface area contributed by atoms with Crippen LogP contribution in [0.2, 0.25) is 0 Å². The maximum Gasteiger partial charge on any atom is 0.340 e. The Morgan fingerprint density at radius 1 is 1.30 bits per heavy atom. The number of carbonyl (C=O) groups is 2. The Balaban J connectivity index is 2.89.